The van der Waals surface area contributed by atoms with Crippen molar-refractivity contribution in [1.29, 1.82) is 0 Å². The molecule has 1 aliphatic rings. The molecular formula is C13H16FNOS2. The molecule has 1 aliphatic heterocycles. The van der Waals surface area contributed by atoms with Crippen molar-refractivity contribution >= 4 is 30.3 Å². The van der Waals surface area contributed by atoms with Gasteiger partial charge in [0.2, 0.25) is 0 Å². The molecule has 1 heterocycles. The number of halogens is 1. The maximum Gasteiger partial charge on any atom is 0.254 e. The zero-order valence-electron chi connectivity index (χ0n) is 10.4. The molecule has 1 saturated heterocycles. The van der Waals surface area contributed by atoms with Crippen LogP contribution in [-0.2, 0) is 0 Å². The number of thiol groups is 1. The fourth-order valence-corrected chi connectivity index (χ4v) is 3.34. The van der Waals surface area contributed by atoms with Gasteiger partial charge in [0, 0.05) is 34.0 Å². The minimum atomic E-state index is -0.398. The minimum Gasteiger partial charge on any atom is -0.334 e. The molecule has 0 aromatic heterocycles. The van der Waals surface area contributed by atoms with E-state index in [0.29, 0.717) is 10.8 Å². The molecular weight excluding hydrogens is 269 g/mol. The molecule has 0 spiro atoms. The molecule has 2 nitrogen and oxygen atoms in total. The van der Waals surface area contributed by atoms with Crippen LogP contribution in [0.1, 0.15) is 24.2 Å². The summed E-state index contributed by atoms with van der Waals surface area (Å²) in [6.07, 6.45) is 0. The first-order valence-electron chi connectivity index (χ1n) is 5.92. The van der Waals surface area contributed by atoms with Gasteiger partial charge in [-0.3, -0.25) is 4.79 Å². The van der Waals surface area contributed by atoms with E-state index < -0.39 is 5.82 Å². The van der Waals surface area contributed by atoms with Crippen molar-refractivity contribution in [3.8, 4) is 0 Å². The lowest BCUT2D eigenvalue weighted by molar-refractivity contribution is 0.0698. The highest BCUT2D eigenvalue weighted by atomic mass is 32.2. The van der Waals surface area contributed by atoms with E-state index in [2.05, 4.69) is 26.5 Å². The predicted octanol–water partition coefficient (Wildman–Crippen LogP) is 3.08. The second-order valence-corrected chi connectivity index (χ2v) is 6.45. The predicted molar refractivity (Wildman–Crippen MR) is 76.1 cm³/mol. The summed E-state index contributed by atoms with van der Waals surface area (Å²) in [6.45, 7) is 4.93. The van der Waals surface area contributed by atoms with Crippen molar-refractivity contribution in [3.63, 3.8) is 0 Å². The lowest BCUT2D eigenvalue weighted by Crippen LogP contribution is -2.47. The fraction of sp³-hybridized carbons (Fsp3) is 0.462. The van der Waals surface area contributed by atoms with Crippen molar-refractivity contribution < 1.29 is 9.18 Å². The van der Waals surface area contributed by atoms with Gasteiger partial charge in [-0.2, -0.15) is 11.8 Å². The molecule has 1 aromatic rings. The average molecular weight is 285 g/mol. The van der Waals surface area contributed by atoms with Crippen molar-refractivity contribution in [2.45, 2.75) is 30.0 Å². The Labute approximate surface area is 116 Å². The van der Waals surface area contributed by atoms with Gasteiger partial charge in [0.15, 0.2) is 0 Å². The highest BCUT2D eigenvalue weighted by Crippen LogP contribution is 2.26. The van der Waals surface area contributed by atoms with Crippen LogP contribution < -0.4 is 0 Å². The fourth-order valence-electron chi connectivity index (χ4n) is 2.03. The lowest BCUT2D eigenvalue weighted by atomic mass is 10.1. The van der Waals surface area contributed by atoms with Gasteiger partial charge in [0.25, 0.3) is 5.91 Å². The molecule has 18 heavy (non-hydrogen) atoms. The maximum atomic E-state index is 13.1. The first kappa shape index (κ1) is 13.7. The van der Waals surface area contributed by atoms with Crippen LogP contribution in [0.5, 0.6) is 0 Å². The third-order valence-corrected chi connectivity index (χ3v) is 5.02. The molecule has 2 atom stereocenters. The van der Waals surface area contributed by atoms with Crippen LogP contribution in [0.4, 0.5) is 4.39 Å². The van der Waals surface area contributed by atoms with Crippen molar-refractivity contribution in [2.75, 3.05) is 12.3 Å². The Morgan fingerprint density at radius 1 is 1.50 bits per heavy atom. The number of carbonyl (C=O) groups is 1. The molecule has 2 unspecified atom stereocenters. The average Bonchev–Trinajstić information content (AvgIpc) is 2.35. The lowest BCUT2D eigenvalue weighted by Gasteiger charge is -2.37. The highest BCUT2D eigenvalue weighted by molar-refractivity contribution is 8.00. The van der Waals surface area contributed by atoms with Crippen LogP contribution in [0.2, 0.25) is 0 Å². The van der Waals surface area contributed by atoms with E-state index in [1.165, 1.54) is 18.2 Å². The summed E-state index contributed by atoms with van der Waals surface area (Å²) >= 11 is 5.90. The van der Waals surface area contributed by atoms with Crippen LogP contribution in [0.25, 0.3) is 0 Å². The monoisotopic (exact) mass is 285 g/mol. The first-order valence-corrected chi connectivity index (χ1v) is 7.41. The van der Waals surface area contributed by atoms with Crippen LogP contribution in [0, 0.1) is 5.82 Å². The molecule has 0 aliphatic carbocycles. The van der Waals surface area contributed by atoms with Crippen molar-refractivity contribution in [1.82, 2.24) is 4.90 Å². The third-order valence-electron chi connectivity index (χ3n) is 3.34. The molecule has 2 rings (SSSR count). The molecule has 0 radical (unpaired) electrons. The zero-order valence-corrected chi connectivity index (χ0v) is 12.1. The number of rotatable bonds is 1. The summed E-state index contributed by atoms with van der Waals surface area (Å²) in [7, 11) is 0. The number of nitrogens with zero attached hydrogens (tertiary/aromatic N) is 1. The molecule has 1 amide bonds. The summed E-state index contributed by atoms with van der Waals surface area (Å²) in [5, 5.41) is 0.429. The second-order valence-electron chi connectivity index (χ2n) is 4.48. The molecule has 5 heteroatoms. The normalized spacial score (nSPS) is 24.1. The largest absolute Gasteiger partial charge is 0.334 e. The van der Waals surface area contributed by atoms with Crippen LogP contribution >= 0.6 is 24.4 Å². The molecule has 1 fully saturated rings. The zero-order chi connectivity index (χ0) is 13.3. The molecule has 98 valence electrons. The van der Waals surface area contributed by atoms with Gasteiger partial charge < -0.3 is 4.90 Å². The van der Waals surface area contributed by atoms with Gasteiger partial charge in [-0.1, -0.05) is 6.92 Å². The van der Waals surface area contributed by atoms with Gasteiger partial charge in [0.1, 0.15) is 5.82 Å². The number of hydrogen-bond donors (Lipinski definition) is 1. The van der Waals surface area contributed by atoms with Crippen molar-refractivity contribution in [3.05, 3.63) is 29.6 Å². The number of amides is 1. The maximum absolute atomic E-state index is 13.1. The van der Waals surface area contributed by atoms with Crippen LogP contribution in [-0.4, -0.2) is 34.4 Å². The Hall–Kier alpha value is -0.680. The Morgan fingerprint density at radius 3 is 2.89 bits per heavy atom. The second kappa shape index (κ2) is 5.53. The van der Waals surface area contributed by atoms with Gasteiger partial charge in [-0.15, -0.1) is 12.6 Å². The topological polar surface area (TPSA) is 20.3 Å². The Bertz CT molecular complexity index is 466. The van der Waals surface area contributed by atoms with E-state index in [0.717, 1.165) is 12.3 Å². The molecule has 1 aromatic carbocycles. The Kier molecular flexibility index (Phi) is 4.22. The summed E-state index contributed by atoms with van der Waals surface area (Å²) in [6, 6.07) is 4.52. The quantitative estimate of drug-likeness (QED) is 0.800. The smallest absolute Gasteiger partial charge is 0.254 e. The minimum absolute atomic E-state index is 0.0371. The number of carbonyl (C=O) groups excluding carboxylic acids is 1. The van der Waals surface area contributed by atoms with E-state index in [1.807, 2.05) is 16.7 Å². The number of benzene rings is 1. The van der Waals surface area contributed by atoms with Gasteiger partial charge in [-0.05, 0) is 25.1 Å². The van der Waals surface area contributed by atoms with Gasteiger partial charge >= 0.3 is 0 Å². The summed E-state index contributed by atoms with van der Waals surface area (Å²) in [5.74, 6) is 0.516. The van der Waals surface area contributed by atoms with Crippen LogP contribution in [0.15, 0.2) is 23.1 Å². The SMILES string of the molecule is CC1SCCN(C(=O)c2ccc(F)c(S)c2)C1C. The molecule has 0 bridgehead atoms. The van der Waals surface area contributed by atoms with E-state index in [1.54, 1.807) is 0 Å². The number of thioether (sulfide) groups is 1. The Morgan fingerprint density at radius 2 is 2.22 bits per heavy atom. The Balaban J connectivity index is 2.22. The first-order chi connectivity index (χ1) is 8.50. The standard InChI is InChI=1S/C13H16FNOS2/c1-8-9(2)18-6-5-15(8)13(16)10-3-4-11(14)12(17)7-10/h3-4,7-9,17H,5-6H2,1-2H3. The van der Waals surface area contributed by atoms with E-state index >= 15 is 0 Å². The van der Waals surface area contributed by atoms with Gasteiger partial charge in [0.05, 0.1) is 0 Å². The molecule has 0 N–H and O–H groups in total. The number of hydrogen-bond acceptors (Lipinski definition) is 3. The summed E-state index contributed by atoms with van der Waals surface area (Å²) in [4.78, 5) is 14.5. The van der Waals surface area contributed by atoms with Gasteiger partial charge in [-0.25, -0.2) is 4.39 Å². The highest BCUT2D eigenvalue weighted by Gasteiger charge is 2.29. The van der Waals surface area contributed by atoms with E-state index in [-0.39, 0.29) is 16.8 Å². The summed E-state index contributed by atoms with van der Waals surface area (Å²) < 4.78 is 13.1. The van der Waals surface area contributed by atoms with Crippen molar-refractivity contribution in [2.24, 2.45) is 0 Å². The third kappa shape index (κ3) is 2.67. The summed E-state index contributed by atoms with van der Waals surface area (Å²) in [5.41, 5.74) is 0.507. The molecule has 0 saturated carbocycles. The van der Waals surface area contributed by atoms with E-state index in [9.17, 15) is 9.18 Å². The van der Waals surface area contributed by atoms with E-state index in [4.69, 9.17) is 0 Å². The van der Waals surface area contributed by atoms with Crippen LogP contribution in [0.3, 0.4) is 0 Å².